The van der Waals surface area contributed by atoms with Gasteiger partial charge in [-0.1, -0.05) is 41.9 Å². The van der Waals surface area contributed by atoms with E-state index in [9.17, 15) is 0 Å². The molecule has 0 radical (unpaired) electrons. The van der Waals surface area contributed by atoms with Crippen molar-refractivity contribution in [2.24, 2.45) is 0 Å². The van der Waals surface area contributed by atoms with E-state index in [4.69, 9.17) is 5.73 Å². The van der Waals surface area contributed by atoms with Gasteiger partial charge >= 0.3 is 0 Å². The number of anilines is 1. The van der Waals surface area contributed by atoms with Gasteiger partial charge in [-0.2, -0.15) is 0 Å². The summed E-state index contributed by atoms with van der Waals surface area (Å²) in [6, 6.07) is 7.91. The first-order chi connectivity index (χ1) is 8.49. The first-order valence-electron chi connectivity index (χ1n) is 5.58. The molecule has 0 amide bonds. The zero-order chi connectivity index (χ0) is 13.3. The lowest BCUT2D eigenvalue weighted by Gasteiger charge is -2.11. The molecule has 0 saturated carbocycles. The molecular weight excluding hydrogens is 405 g/mol. The van der Waals surface area contributed by atoms with E-state index in [-0.39, 0.29) is 0 Å². The minimum atomic E-state index is 0.330. The van der Waals surface area contributed by atoms with E-state index in [1.165, 1.54) is 0 Å². The number of rotatable bonds is 2. The van der Waals surface area contributed by atoms with E-state index in [1.807, 2.05) is 24.3 Å². The molecule has 0 spiro atoms. The van der Waals surface area contributed by atoms with Crippen molar-refractivity contribution in [3.05, 3.63) is 38.0 Å². The van der Waals surface area contributed by atoms with Crippen LogP contribution in [-0.2, 0) is 0 Å². The standard InChI is InChI=1S/C13H13BrIN3/c1-7(2)11-10(15)12(16)18-13(17-11)8-3-5-9(14)6-4-8/h3-7H,1-2H3,(H2,16,17,18). The van der Waals surface area contributed by atoms with E-state index in [1.54, 1.807) is 0 Å². The zero-order valence-electron chi connectivity index (χ0n) is 10.1. The zero-order valence-corrected chi connectivity index (χ0v) is 13.9. The third kappa shape index (κ3) is 2.83. The van der Waals surface area contributed by atoms with Gasteiger partial charge in [0, 0.05) is 10.0 Å². The summed E-state index contributed by atoms with van der Waals surface area (Å²) in [5, 5.41) is 0. The highest BCUT2D eigenvalue weighted by Gasteiger charge is 2.13. The van der Waals surface area contributed by atoms with Crippen LogP contribution in [0, 0.1) is 3.57 Å². The first kappa shape index (κ1) is 13.7. The molecule has 5 heteroatoms. The molecule has 0 unspecified atom stereocenters. The van der Waals surface area contributed by atoms with Crippen molar-refractivity contribution >= 4 is 44.3 Å². The highest BCUT2D eigenvalue weighted by molar-refractivity contribution is 14.1. The summed E-state index contributed by atoms with van der Waals surface area (Å²) in [4.78, 5) is 8.98. The molecule has 94 valence electrons. The number of aromatic nitrogens is 2. The maximum Gasteiger partial charge on any atom is 0.161 e. The minimum Gasteiger partial charge on any atom is -0.383 e. The maximum absolute atomic E-state index is 5.96. The summed E-state index contributed by atoms with van der Waals surface area (Å²) in [6.45, 7) is 4.21. The van der Waals surface area contributed by atoms with Crippen LogP contribution < -0.4 is 5.73 Å². The van der Waals surface area contributed by atoms with Gasteiger partial charge in [-0.25, -0.2) is 9.97 Å². The molecule has 18 heavy (non-hydrogen) atoms. The molecule has 0 aliphatic carbocycles. The van der Waals surface area contributed by atoms with Crippen LogP contribution in [0.3, 0.4) is 0 Å². The van der Waals surface area contributed by atoms with Crippen molar-refractivity contribution in [1.82, 2.24) is 9.97 Å². The van der Waals surface area contributed by atoms with Gasteiger partial charge in [0.2, 0.25) is 0 Å². The van der Waals surface area contributed by atoms with Gasteiger partial charge in [0.05, 0.1) is 9.26 Å². The Kier molecular flexibility index (Phi) is 4.21. The Bertz CT molecular complexity index is 567. The third-order valence-electron chi connectivity index (χ3n) is 2.55. The van der Waals surface area contributed by atoms with E-state index in [0.29, 0.717) is 17.6 Å². The average Bonchev–Trinajstić information content (AvgIpc) is 2.33. The number of benzene rings is 1. The number of halogens is 2. The lowest BCUT2D eigenvalue weighted by Crippen LogP contribution is -2.06. The van der Waals surface area contributed by atoms with Crippen molar-refractivity contribution in [2.75, 3.05) is 5.73 Å². The first-order valence-corrected chi connectivity index (χ1v) is 7.45. The Hall–Kier alpha value is -0.690. The fourth-order valence-electron chi connectivity index (χ4n) is 1.59. The highest BCUT2D eigenvalue weighted by atomic mass is 127. The quantitative estimate of drug-likeness (QED) is 0.744. The Labute approximate surface area is 128 Å². The van der Waals surface area contributed by atoms with Gasteiger partial charge < -0.3 is 5.73 Å². The Balaban J connectivity index is 2.55. The fourth-order valence-corrected chi connectivity index (χ4v) is 2.72. The second-order valence-corrected chi connectivity index (χ2v) is 6.29. The minimum absolute atomic E-state index is 0.330. The highest BCUT2D eigenvalue weighted by Crippen LogP contribution is 2.27. The van der Waals surface area contributed by atoms with E-state index in [0.717, 1.165) is 19.3 Å². The number of nitrogen functional groups attached to an aromatic ring is 1. The van der Waals surface area contributed by atoms with Crippen molar-refractivity contribution < 1.29 is 0 Å². The Morgan fingerprint density at radius 2 is 1.78 bits per heavy atom. The van der Waals surface area contributed by atoms with E-state index < -0.39 is 0 Å². The summed E-state index contributed by atoms with van der Waals surface area (Å²) in [5.41, 5.74) is 7.93. The van der Waals surface area contributed by atoms with Crippen LogP contribution in [0.5, 0.6) is 0 Å². The predicted molar refractivity (Wildman–Crippen MR) is 86.4 cm³/mol. The number of hydrogen-bond donors (Lipinski definition) is 1. The van der Waals surface area contributed by atoms with Gasteiger partial charge in [-0.05, 0) is 40.6 Å². The largest absolute Gasteiger partial charge is 0.383 e. The van der Waals surface area contributed by atoms with Crippen LogP contribution in [0.1, 0.15) is 25.5 Å². The molecule has 1 aromatic carbocycles. The van der Waals surface area contributed by atoms with Gasteiger partial charge in [0.1, 0.15) is 5.82 Å². The van der Waals surface area contributed by atoms with Crippen molar-refractivity contribution in [2.45, 2.75) is 19.8 Å². The van der Waals surface area contributed by atoms with Gasteiger partial charge in [-0.3, -0.25) is 0 Å². The maximum atomic E-state index is 5.96. The number of nitrogens with zero attached hydrogens (tertiary/aromatic N) is 2. The molecule has 0 saturated heterocycles. The van der Waals surface area contributed by atoms with Crippen LogP contribution in [0.25, 0.3) is 11.4 Å². The fraction of sp³-hybridized carbons (Fsp3) is 0.231. The summed E-state index contributed by atoms with van der Waals surface area (Å²) < 4.78 is 1.98. The molecule has 2 aromatic rings. The Morgan fingerprint density at radius 1 is 1.17 bits per heavy atom. The predicted octanol–water partition coefficient (Wildman–Crippen LogP) is 4.22. The molecule has 0 aliphatic heterocycles. The van der Waals surface area contributed by atoms with E-state index >= 15 is 0 Å². The smallest absolute Gasteiger partial charge is 0.161 e. The van der Waals surface area contributed by atoms with Crippen LogP contribution in [0.4, 0.5) is 5.82 Å². The second kappa shape index (κ2) is 5.52. The molecule has 0 atom stereocenters. The molecule has 2 N–H and O–H groups in total. The van der Waals surface area contributed by atoms with Gasteiger partial charge in [-0.15, -0.1) is 0 Å². The lowest BCUT2D eigenvalue weighted by atomic mass is 10.1. The molecular formula is C13H13BrIN3. The van der Waals surface area contributed by atoms with Crippen LogP contribution in [-0.4, -0.2) is 9.97 Å². The normalized spacial score (nSPS) is 10.9. The van der Waals surface area contributed by atoms with Crippen molar-refractivity contribution in [3.8, 4) is 11.4 Å². The van der Waals surface area contributed by atoms with E-state index in [2.05, 4.69) is 62.3 Å². The summed E-state index contributed by atoms with van der Waals surface area (Å²) in [6.07, 6.45) is 0. The van der Waals surface area contributed by atoms with Gasteiger partial charge in [0.15, 0.2) is 5.82 Å². The molecule has 3 nitrogen and oxygen atoms in total. The third-order valence-corrected chi connectivity index (χ3v) is 4.19. The number of nitrogens with two attached hydrogens (primary N) is 1. The molecule has 1 heterocycles. The van der Waals surface area contributed by atoms with Crippen LogP contribution >= 0.6 is 38.5 Å². The van der Waals surface area contributed by atoms with Crippen LogP contribution in [0.2, 0.25) is 0 Å². The van der Waals surface area contributed by atoms with Crippen LogP contribution in [0.15, 0.2) is 28.7 Å². The second-order valence-electron chi connectivity index (χ2n) is 4.29. The van der Waals surface area contributed by atoms with Gasteiger partial charge in [0.25, 0.3) is 0 Å². The molecule has 2 rings (SSSR count). The summed E-state index contributed by atoms with van der Waals surface area (Å²) >= 11 is 5.62. The monoisotopic (exact) mass is 417 g/mol. The van der Waals surface area contributed by atoms with Crippen molar-refractivity contribution in [3.63, 3.8) is 0 Å². The molecule has 0 aliphatic rings. The topological polar surface area (TPSA) is 51.8 Å². The Morgan fingerprint density at radius 3 is 2.33 bits per heavy atom. The lowest BCUT2D eigenvalue weighted by molar-refractivity contribution is 0.810. The molecule has 1 aromatic heterocycles. The molecule has 0 fully saturated rings. The molecule has 0 bridgehead atoms. The average molecular weight is 418 g/mol. The summed E-state index contributed by atoms with van der Waals surface area (Å²) in [5.74, 6) is 1.56. The summed E-state index contributed by atoms with van der Waals surface area (Å²) in [7, 11) is 0. The van der Waals surface area contributed by atoms with Crippen molar-refractivity contribution in [1.29, 1.82) is 0 Å². The number of hydrogen-bond acceptors (Lipinski definition) is 3. The SMILES string of the molecule is CC(C)c1nc(-c2ccc(Br)cc2)nc(N)c1I.